The predicted molar refractivity (Wildman–Crippen MR) is 96.1 cm³/mol. The van der Waals surface area contributed by atoms with Gasteiger partial charge in [-0.25, -0.2) is 4.79 Å². The molecule has 1 aliphatic heterocycles. The molecule has 2 amide bonds. The number of ether oxygens (including phenoxy) is 1. The van der Waals surface area contributed by atoms with Gasteiger partial charge in [0.1, 0.15) is 0 Å². The Morgan fingerprint density at radius 2 is 1.76 bits per heavy atom. The van der Waals surface area contributed by atoms with E-state index in [4.69, 9.17) is 4.74 Å². The second-order valence-electron chi connectivity index (χ2n) is 6.04. The Morgan fingerprint density at radius 3 is 2.48 bits per heavy atom. The Labute approximate surface area is 147 Å². The van der Waals surface area contributed by atoms with Crippen LogP contribution < -0.4 is 5.32 Å². The van der Waals surface area contributed by atoms with E-state index in [0.29, 0.717) is 32.7 Å². The first kappa shape index (κ1) is 17.0. The van der Waals surface area contributed by atoms with Gasteiger partial charge in [-0.3, -0.25) is 4.79 Å². The summed E-state index contributed by atoms with van der Waals surface area (Å²) in [4.78, 5) is 25.2. The number of hydrogen-bond donors (Lipinski definition) is 1. The number of carbonyl (C=O) groups is 2. The average Bonchev–Trinajstić information content (AvgIpc) is 2.65. The van der Waals surface area contributed by atoms with Crippen molar-refractivity contribution in [3.05, 3.63) is 60.2 Å². The first-order chi connectivity index (χ1) is 12.2. The standard InChI is InChI=1S/C20H22N2O3/c23-19(21-11-13-22-12-4-14-25-20(22)24)15-16-7-9-18(10-8-16)17-5-2-1-3-6-17/h1-3,5-10H,4,11-15H2,(H,21,23). The summed E-state index contributed by atoms with van der Waals surface area (Å²) in [5.41, 5.74) is 3.26. The summed E-state index contributed by atoms with van der Waals surface area (Å²) in [6.45, 7) is 2.10. The summed E-state index contributed by atoms with van der Waals surface area (Å²) >= 11 is 0. The first-order valence-electron chi connectivity index (χ1n) is 8.55. The molecular weight excluding hydrogens is 316 g/mol. The van der Waals surface area contributed by atoms with Crippen LogP contribution in [0.3, 0.4) is 0 Å². The number of rotatable bonds is 6. The number of benzene rings is 2. The highest BCUT2D eigenvalue weighted by atomic mass is 16.6. The van der Waals surface area contributed by atoms with Crippen LogP contribution in [0.4, 0.5) is 4.79 Å². The highest BCUT2D eigenvalue weighted by Gasteiger charge is 2.18. The molecule has 5 nitrogen and oxygen atoms in total. The van der Waals surface area contributed by atoms with Crippen molar-refractivity contribution >= 4 is 12.0 Å². The van der Waals surface area contributed by atoms with Gasteiger partial charge in [0.2, 0.25) is 5.91 Å². The molecule has 3 rings (SSSR count). The van der Waals surface area contributed by atoms with Crippen LogP contribution in [0.5, 0.6) is 0 Å². The molecule has 5 heteroatoms. The minimum absolute atomic E-state index is 0.0437. The predicted octanol–water partition coefficient (Wildman–Crippen LogP) is 2.85. The van der Waals surface area contributed by atoms with Crippen molar-refractivity contribution in [2.24, 2.45) is 0 Å². The SMILES string of the molecule is O=C(Cc1ccc(-c2ccccc2)cc1)NCCN1CCCOC1=O. The van der Waals surface area contributed by atoms with Crippen LogP contribution in [-0.2, 0) is 16.0 Å². The lowest BCUT2D eigenvalue weighted by Gasteiger charge is -2.26. The van der Waals surface area contributed by atoms with Crippen molar-refractivity contribution in [1.29, 1.82) is 0 Å². The fourth-order valence-electron chi connectivity index (χ4n) is 2.82. The number of carbonyl (C=O) groups excluding carboxylic acids is 2. The lowest BCUT2D eigenvalue weighted by atomic mass is 10.0. The Balaban J connectivity index is 1.45. The minimum Gasteiger partial charge on any atom is -0.449 e. The van der Waals surface area contributed by atoms with Gasteiger partial charge in [-0.05, 0) is 23.1 Å². The van der Waals surface area contributed by atoms with Crippen molar-refractivity contribution in [3.8, 4) is 11.1 Å². The van der Waals surface area contributed by atoms with Gasteiger partial charge in [0, 0.05) is 19.6 Å². The molecule has 25 heavy (non-hydrogen) atoms. The molecule has 0 spiro atoms. The van der Waals surface area contributed by atoms with E-state index in [-0.39, 0.29) is 12.0 Å². The van der Waals surface area contributed by atoms with Crippen LogP contribution in [0.25, 0.3) is 11.1 Å². The summed E-state index contributed by atoms with van der Waals surface area (Å²) in [5.74, 6) is -0.0437. The molecule has 1 N–H and O–H groups in total. The van der Waals surface area contributed by atoms with Gasteiger partial charge < -0.3 is 15.0 Å². The zero-order chi connectivity index (χ0) is 17.5. The summed E-state index contributed by atoms with van der Waals surface area (Å²) in [5, 5.41) is 2.86. The molecule has 2 aromatic rings. The molecule has 0 aliphatic carbocycles. The van der Waals surface area contributed by atoms with Gasteiger partial charge in [0.25, 0.3) is 0 Å². The zero-order valence-corrected chi connectivity index (χ0v) is 14.1. The molecule has 130 valence electrons. The normalized spacial score (nSPS) is 14.1. The number of hydrogen-bond acceptors (Lipinski definition) is 3. The second kappa shape index (κ2) is 8.33. The van der Waals surface area contributed by atoms with Gasteiger partial charge in [0.15, 0.2) is 0 Å². The number of amides is 2. The third kappa shape index (κ3) is 4.83. The number of cyclic esters (lactones) is 1. The van der Waals surface area contributed by atoms with Crippen LogP contribution in [-0.4, -0.2) is 43.1 Å². The summed E-state index contributed by atoms with van der Waals surface area (Å²) in [6, 6.07) is 18.1. The van der Waals surface area contributed by atoms with Crippen LogP contribution in [0, 0.1) is 0 Å². The zero-order valence-electron chi connectivity index (χ0n) is 14.1. The fraction of sp³-hybridized carbons (Fsp3) is 0.300. The molecule has 0 aromatic heterocycles. The van der Waals surface area contributed by atoms with Gasteiger partial charge >= 0.3 is 6.09 Å². The molecule has 1 aliphatic rings. The van der Waals surface area contributed by atoms with Crippen molar-refractivity contribution in [2.45, 2.75) is 12.8 Å². The van der Waals surface area contributed by atoms with Crippen LogP contribution >= 0.6 is 0 Å². The fourth-order valence-corrected chi connectivity index (χ4v) is 2.82. The molecule has 2 aromatic carbocycles. The summed E-state index contributed by atoms with van der Waals surface area (Å²) in [6.07, 6.45) is 0.879. The van der Waals surface area contributed by atoms with Crippen molar-refractivity contribution in [2.75, 3.05) is 26.2 Å². The maximum absolute atomic E-state index is 12.0. The highest BCUT2D eigenvalue weighted by molar-refractivity contribution is 5.79. The third-order valence-electron chi connectivity index (χ3n) is 4.19. The topological polar surface area (TPSA) is 58.6 Å². The highest BCUT2D eigenvalue weighted by Crippen LogP contribution is 2.19. The Bertz CT molecular complexity index is 713. The molecule has 1 heterocycles. The third-order valence-corrected chi connectivity index (χ3v) is 4.19. The minimum atomic E-state index is -0.294. The van der Waals surface area contributed by atoms with E-state index in [9.17, 15) is 9.59 Å². The van der Waals surface area contributed by atoms with E-state index in [2.05, 4.69) is 17.4 Å². The lowest BCUT2D eigenvalue weighted by Crippen LogP contribution is -2.42. The van der Waals surface area contributed by atoms with Crippen LogP contribution in [0.1, 0.15) is 12.0 Å². The summed E-state index contributed by atoms with van der Waals surface area (Å²) in [7, 11) is 0. The molecule has 0 atom stereocenters. The Hall–Kier alpha value is -2.82. The van der Waals surface area contributed by atoms with E-state index < -0.39 is 0 Å². The molecule has 0 saturated carbocycles. The van der Waals surface area contributed by atoms with E-state index in [0.717, 1.165) is 23.1 Å². The smallest absolute Gasteiger partial charge is 0.409 e. The maximum atomic E-state index is 12.0. The first-order valence-corrected chi connectivity index (χ1v) is 8.55. The van der Waals surface area contributed by atoms with Crippen molar-refractivity contribution < 1.29 is 14.3 Å². The van der Waals surface area contributed by atoms with Gasteiger partial charge in [-0.1, -0.05) is 54.6 Å². The van der Waals surface area contributed by atoms with Gasteiger partial charge in [0.05, 0.1) is 13.0 Å². The molecule has 0 radical (unpaired) electrons. The largest absolute Gasteiger partial charge is 0.449 e. The lowest BCUT2D eigenvalue weighted by molar-refractivity contribution is -0.120. The van der Waals surface area contributed by atoms with Crippen LogP contribution in [0.2, 0.25) is 0 Å². The molecule has 1 fully saturated rings. The van der Waals surface area contributed by atoms with E-state index in [1.54, 1.807) is 4.90 Å². The van der Waals surface area contributed by atoms with Gasteiger partial charge in [-0.2, -0.15) is 0 Å². The molecule has 0 bridgehead atoms. The number of nitrogens with zero attached hydrogens (tertiary/aromatic N) is 1. The second-order valence-corrected chi connectivity index (χ2v) is 6.04. The van der Waals surface area contributed by atoms with Crippen molar-refractivity contribution in [3.63, 3.8) is 0 Å². The molecule has 1 saturated heterocycles. The van der Waals surface area contributed by atoms with Crippen molar-refractivity contribution in [1.82, 2.24) is 10.2 Å². The monoisotopic (exact) mass is 338 g/mol. The Kier molecular flexibility index (Phi) is 5.67. The quantitative estimate of drug-likeness (QED) is 0.881. The van der Waals surface area contributed by atoms with Crippen LogP contribution in [0.15, 0.2) is 54.6 Å². The van der Waals surface area contributed by atoms with E-state index >= 15 is 0 Å². The molecular formula is C20H22N2O3. The maximum Gasteiger partial charge on any atom is 0.409 e. The average molecular weight is 338 g/mol. The molecule has 0 unspecified atom stereocenters. The van der Waals surface area contributed by atoms with E-state index in [1.807, 2.05) is 42.5 Å². The summed E-state index contributed by atoms with van der Waals surface area (Å²) < 4.78 is 4.97. The Morgan fingerprint density at radius 1 is 1.04 bits per heavy atom. The van der Waals surface area contributed by atoms with Gasteiger partial charge in [-0.15, -0.1) is 0 Å². The number of nitrogens with one attached hydrogen (secondary N) is 1. The van der Waals surface area contributed by atoms with E-state index in [1.165, 1.54) is 0 Å².